The standard InChI is InChI=1S/C16H18N2/c17-15-10-14-8-4-5-9-16(14)18(12-15)11-13-6-2-1-3-7-13/h1-9,15H,10-12,17H2. The van der Waals surface area contributed by atoms with Crippen molar-refractivity contribution in [2.45, 2.75) is 19.0 Å². The summed E-state index contributed by atoms with van der Waals surface area (Å²) in [5.41, 5.74) is 10.2. The number of hydrogen-bond acceptors (Lipinski definition) is 2. The molecule has 1 unspecified atom stereocenters. The first kappa shape index (κ1) is 11.3. The predicted molar refractivity (Wildman–Crippen MR) is 75.6 cm³/mol. The molecule has 0 saturated carbocycles. The lowest BCUT2D eigenvalue weighted by Gasteiger charge is -2.34. The number of benzene rings is 2. The van der Waals surface area contributed by atoms with Gasteiger partial charge in [0.25, 0.3) is 0 Å². The number of hydrogen-bond donors (Lipinski definition) is 1. The van der Waals surface area contributed by atoms with Gasteiger partial charge in [0, 0.05) is 24.8 Å². The fraction of sp³-hybridized carbons (Fsp3) is 0.250. The van der Waals surface area contributed by atoms with Crippen LogP contribution in [0.2, 0.25) is 0 Å². The number of fused-ring (bicyclic) bond motifs is 1. The molecule has 0 amide bonds. The van der Waals surface area contributed by atoms with Crippen LogP contribution in [0, 0.1) is 0 Å². The highest BCUT2D eigenvalue weighted by Crippen LogP contribution is 2.27. The minimum absolute atomic E-state index is 0.239. The highest BCUT2D eigenvalue weighted by Gasteiger charge is 2.21. The summed E-state index contributed by atoms with van der Waals surface area (Å²) < 4.78 is 0. The molecule has 1 atom stereocenters. The molecular weight excluding hydrogens is 220 g/mol. The van der Waals surface area contributed by atoms with Gasteiger partial charge in [-0.3, -0.25) is 0 Å². The molecule has 1 heterocycles. The Labute approximate surface area is 108 Å². The maximum absolute atomic E-state index is 6.15. The van der Waals surface area contributed by atoms with Gasteiger partial charge in [-0.15, -0.1) is 0 Å². The van der Waals surface area contributed by atoms with E-state index in [0.717, 1.165) is 19.5 Å². The SMILES string of the molecule is NC1Cc2ccccc2N(Cc2ccccc2)C1. The summed E-state index contributed by atoms with van der Waals surface area (Å²) in [6.07, 6.45) is 0.988. The van der Waals surface area contributed by atoms with Crippen LogP contribution in [0.15, 0.2) is 54.6 Å². The van der Waals surface area contributed by atoms with Gasteiger partial charge < -0.3 is 10.6 Å². The number of nitrogens with zero attached hydrogens (tertiary/aromatic N) is 1. The zero-order chi connectivity index (χ0) is 12.4. The predicted octanol–water partition coefficient (Wildman–Crippen LogP) is 2.58. The molecule has 0 aliphatic carbocycles. The average Bonchev–Trinajstić information content (AvgIpc) is 2.40. The van der Waals surface area contributed by atoms with Gasteiger partial charge >= 0.3 is 0 Å². The Kier molecular flexibility index (Phi) is 3.03. The normalized spacial score (nSPS) is 18.5. The average molecular weight is 238 g/mol. The van der Waals surface area contributed by atoms with E-state index in [1.807, 2.05) is 0 Å². The van der Waals surface area contributed by atoms with E-state index in [-0.39, 0.29) is 6.04 Å². The highest BCUT2D eigenvalue weighted by atomic mass is 15.2. The molecule has 0 aromatic heterocycles. The van der Waals surface area contributed by atoms with Crippen LogP contribution in [0.5, 0.6) is 0 Å². The Bertz CT molecular complexity index is 522. The van der Waals surface area contributed by atoms with Crippen molar-refractivity contribution < 1.29 is 0 Å². The highest BCUT2D eigenvalue weighted by molar-refractivity contribution is 5.56. The quantitative estimate of drug-likeness (QED) is 0.871. The van der Waals surface area contributed by atoms with Gasteiger partial charge in [-0.1, -0.05) is 48.5 Å². The molecule has 0 saturated heterocycles. The van der Waals surface area contributed by atoms with E-state index >= 15 is 0 Å². The minimum Gasteiger partial charge on any atom is -0.365 e. The molecule has 2 aromatic carbocycles. The second kappa shape index (κ2) is 4.83. The topological polar surface area (TPSA) is 29.3 Å². The largest absolute Gasteiger partial charge is 0.365 e. The van der Waals surface area contributed by atoms with E-state index in [9.17, 15) is 0 Å². The zero-order valence-electron chi connectivity index (χ0n) is 10.4. The third-order valence-corrected chi connectivity index (χ3v) is 3.49. The van der Waals surface area contributed by atoms with Crippen molar-refractivity contribution in [2.24, 2.45) is 5.73 Å². The number of para-hydroxylation sites is 1. The third kappa shape index (κ3) is 2.24. The van der Waals surface area contributed by atoms with Crippen LogP contribution in [0.3, 0.4) is 0 Å². The second-order valence-corrected chi connectivity index (χ2v) is 4.96. The van der Waals surface area contributed by atoms with Crippen molar-refractivity contribution in [3.05, 3.63) is 65.7 Å². The summed E-state index contributed by atoms with van der Waals surface area (Å²) in [6, 6.07) is 19.4. The summed E-state index contributed by atoms with van der Waals surface area (Å²) in [5.74, 6) is 0. The Morgan fingerprint density at radius 1 is 1.00 bits per heavy atom. The maximum atomic E-state index is 6.15. The lowest BCUT2D eigenvalue weighted by Crippen LogP contribution is -2.42. The zero-order valence-corrected chi connectivity index (χ0v) is 10.4. The molecule has 0 fully saturated rings. The molecule has 92 valence electrons. The summed E-state index contributed by atoms with van der Waals surface area (Å²) >= 11 is 0. The molecule has 0 bridgehead atoms. The van der Waals surface area contributed by atoms with Crippen molar-refractivity contribution in [3.8, 4) is 0 Å². The van der Waals surface area contributed by atoms with Gasteiger partial charge in [0.2, 0.25) is 0 Å². The maximum Gasteiger partial charge on any atom is 0.0430 e. The van der Waals surface area contributed by atoms with Crippen LogP contribution in [0.25, 0.3) is 0 Å². The van der Waals surface area contributed by atoms with E-state index in [1.165, 1.54) is 16.8 Å². The van der Waals surface area contributed by atoms with Gasteiger partial charge in [0.1, 0.15) is 0 Å². The van der Waals surface area contributed by atoms with E-state index in [2.05, 4.69) is 59.5 Å². The molecule has 0 radical (unpaired) electrons. The molecule has 2 nitrogen and oxygen atoms in total. The van der Waals surface area contributed by atoms with Crippen molar-refractivity contribution >= 4 is 5.69 Å². The molecular formula is C16H18N2. The lowest BCUT2D eigenvalue weighted by molar-refractivity contribution is 0.599. The van der Waals surface area contributed by atoms with Crippen LogP contribution in [-0.2, 0) is 13.0 Å². The summed E-state index contributed by atoms with van der Waals surface area (Å²) in [5, 5.41) is 0. The van der Waals surface area contributed by atoms with Crippen LogP contribution >= 0.6 is 0 Å². The molecule has 1 aliphatic rings. The summed E-state index contributed by atoms with van der Waals surface area (Å²) in [4.78, 5) is 2.39. The molecule has 2 heteroatoms. The van der Waals surface area contributed by atoms with Gasteiger partial charge in [0.05, 0.1) is 0 Å². The Morgan fingerprint density at radius 3 is 2.56 bits per heavy atom. The van der Waals surface area contributed by atoms with E-state index < -0.39 is 0 Å². The molecule has 3 rings (SSSR count). The Morgan fingerprint density at radius 2 is 1.72 bits per heavy atom. The molecule has 0 spiro atoms. The monoisotopic (exact) mass is 238 g/mol. The molecule has 2 N–H and O–H groups in total. The van der Waals surface area contributed by atoms with Gasteiger partial charge in [0.15, 0.2) is 0 Å². The minimum atomic E-state index is 0.239. The van der Waals surface area contributed by atoms with E-state index in [1.54, 1.807) is 0 Å². The second-order valence-electron chi connectivity index (χ2n) is 4.96. The van der Waals surface area contributed by atoms with Crippen molar-refractivity contribution in [1.82, 2.24) is 0 Å². The molecule has 18 heavy (non-hydrogen) atoms. The fourth-order valence-corrected chi connectivity index (χ4v) is 2.67. The van der Waals surface area contributed by atoms with Crippen LogP contribution in [0.1, 0.15) is 11.1 Å². The summed E-state index contributed by atoms with van der Waals surface area (Å²) in [7, 11) is 0. The molecule has 1 aliphatic heterocycles. The van der Waals surface area contributed by atoms with Crippen LogP contribution < -0.4 is 10.6 Å². The van der Waals surface area contributed by atoms with Crippen molar-refractivity contribution in [2.75, 3.05) is 11.4 Å². The van der Waals surface area contributed by atoms with Crippen LogP contribution in [-0.4, -0.2) is 12.6 Å². The Hall–Kier alpha value is -1.80. The van der Waals surface area contributed by atoms with E-state index in [4.69, 9.17) is 5.73 Å². The first-order valence-electron chi connectivity index (χ1n) is 6.45. The summed E-state index contributed by atoms with van der Waals surface area (Å²) in [6.45, 7) is 1.87. The van der Waals surface area contributed by atoms with Crippen LogP contribution in [0.4, 0.5) is 5.69 Å². The van der Waals surface area contributed by atoms with Gasteiger partial charge in [-0.25, -0.2) is 0 Å². The number of rotatable bonds is 2. The molecule has 2 aromatic rings. The number of nitrogens with two attached hydrogens (primary N) is 1. The Balaban J connectivity index is 1.89. The van der Waals surface area contributed by atoms with E-state index in [0.29, 0.717) is 0 Å². The fourth-order valence-electron chi connectivity index (χ4n) is 2.67. The van der Waals surface area contributed by atoms with Crippen molar-refractivity contribution in [1.29, 1.82) is 0 Å². The third-order valence-electron chi connectivity index (χ3n) is 3.49. The first-order chi connectivity index (χ1) is 8.83. The van der Waals surface area contributed by atoms with Crippen molar-refractivity contribution in [3.63, 3.8) is 0 Å². The van der Waals surface area contributed by atoms with Gasteiger partial charge in [-0.05, 0) is 23.6 Å². The number of anilines is 1. The smallest absolute Gasteiger partial charge is 0.0430 e. The first-order valence-corrected chi connectivity index (χ1v) is 6.45. The van der Waals surface area contributed by atoms with Gasteiger partial charge in [-0.2, -0.15) is 0 Å². The lowest BCUT2D eigenvalue weighted by atomic mass is 9.98.